The Morgan fingerprint density at radius 3 is 2.40 bits per heavy atom. The second kappa shape index (κ2) is 9.11. The number of nitrogens with zero attached hydrogens (tertiary/aromatic N) is 4. The third kappa shape index (κ3) is 5.25. The molecule has 0 spiro atoms. The summed E-state index contributed by atoms with van der Waals surface area (Å²) >= 11 is 0. The maximum absolute atomic E-state index is 12.8. The number of nitrogens with one attached hydrogen (secondary N) is 2. The van der Waals surface area contributed by atoms with E-state index < -0.39 is 0 Å². The fourth-order valence-corrected chi connectivity index (χ4v) is 3.33. The molecular formula is C22H30N6O2. The fourth-order valence-electron chi connectivity index (χ4n) is 3.33. The highest BCUT2D eigenvalue weighted by Crippen LogP contribution is 2.24. The summed E-state index contributed by atoms with van der Waals surface area (Å²) in [5.74, 6) is 0.596. The molecule has 8 nitrogen and oxygen atoms in total. The average molecular weight is 411 g/mol. The van der Waals surface area contributed by atoms with Gasteiger partial charge in [-0.25, -0.2) is 4.98 Å². The first kappa shape index (κ1) is 21.5. The van der Waals surface area contributed by atoms with Gasteiger partial charge in [0.1, 0.15) is 5.69 Å². The van der Waals surface area contributed by atoms with Crippen LogP contribution in [0.5, 0.6) is 0 Å². The number of pyridine rings is 2. The van der Waals surface area contributed by atoms with E-state index in [0.717, 1.165) is 18.1 Å². The quantitative estimate of drug-likeness (QED) is 0.787. The molecule has 0 radical (unpaired) electrons. The summed E-state index contributed by atoms with van der Waals surface area (Å²) in [4.78, 5) is 37.8. The van der Waals surface area contributed by atoms with Gasteiger partial charge in [-0.05, 0) is 52.0 Å². The van der Waals surface area contributed by atoms with Crippen molar-refractivity contribution in [3.8, 4) is 0 Å². The molecule has 0 aromatic carbocycles. The van der Waals surface area contributed by atoms with E-state index in [0.29, 0.717) is 37.4 Å². The summed E-state index contributed by atoms with van der Waals surface area (Å²) in [6, 6.07) is 7.20. The van der Waals surface area contributed by atoms with E-state index >= 15 is 0 Å². The first-order valence-electron chi connectivity index (χ1n) is 10.3. The van der Waals surface area contributed by atoms with Gasteiger partial charge < -0.3 is 20.4 Å². The van der Waals surface area contributed by atoms with E-state index in [1.165, 1.54) is 6.20 Å². The zero-order valence-electron chi connectivity index (χ0n) is 18.1. The summed E-state index contributed by atoms with van der Waals surface area (Å²) in [5.41, 5.74) is 1.47. The lowest BCUT2D eigenvalue weighted by molar-refractivity contribution is 0.0739. The van der Waals surface area contributed by atoms with Gasteiger partial charge in [-0.2, -0.15) is 0 Å². The number of hydrogen-bond donors (Lipinski definition) is 2. The second-order valence-corrected chi connectivity index (χ2v) is 8.32. The molecule has 2 N–H and O–H groups in total. The van der Waals surface area contributed by atoms with Gasteiger partial charge in [0.25, 0.3) is 11.8 Å². The predicted octanol–water partition coefficient (Wildman–Crippen LogP) is 2.40. The number of hydrogen-bond acceptors (Lipinski definition) is 6. The molecule has 8 heteroatoms. The molecule has 0 saturated carbocycles. The molecule has 0 aliphatic carbocycles. The molecule has 1 aliphatic heterocycles. The summed E-state index contributed by atoms with van der Waals surface area (Å²) in [6.07, 6.45) is 3.25. The third-order valence-electron chi connectivity index (χ3n) is 4.75. The minimum absolute atomic E-state index is 0.120. The van der Waals surface area contributed by atoms with Crippen molar-refractivity contribution in [1.29, 1.82) is 0 Å². The zero-order chi connectivity index (χ0) is 21.7. The highest BCUT2D eigenvalue weighted by Gasteiger charge is 2.25. The molecule has 1 aliphatic rings. The second-order valence-electron chi connectivity index (χ2n) is 8.32. The van der Waals surface area contributed by atoms with E-state index in [2.05, 4.69) is 32.4 Å². The van der Waals surface area contributed by atoms with Crippen molar-refractivity contribution in [2.24, 2.45) is 0 Å². The molecule has 2 aromatic heterocycles. The standard InChI is InChI=1S/C22H30N6O2/c1-5-23-17-7-6-10-24-19(17)27-11-13-28(14-12-27)21(30)18-9-8-16(15-25-18)20(29)26-22(2,3)4/h6-10,15,23H,5,11-14H2,1-4H3,(H,26,29). The molecule has 2 amide bonds. The first-order valence-corrected chi connectivity index (χ1v) is 10.3. The van der Waals surface area contributed by atoms with Gasteiger partial charge in [0.05, 0.1) is 11.3 Å². The van der Waals surface area contributed by atoms with Gasteiger partial charge in [-0.15, -0.1) is 0 Å². The van der Waals surface area contributed by atoms with Gasteiger partial charge in [0.2, 0.25) is 0 Å². The third-order valence-corrected chi connectivity index (χ3v) is 4.75. The Hall–Kier alpha value is -3.16. The summed E-state index contributed by atoms with van der Waals surface area (Å²) in [6.45, 7) is 11.2. The normalized spacial score (nSPS) is 14.4. The molecular weight excluding hydrogens is 380 g/mol. The van der Waals surface area contributed by atoms with Crippen molar-refractivity contribution in [3.05, 3.63) is 47.9 Å². The smallest absolute Gasteiger partial charge is 0.272 e. The molecule has 160 valence electrons. The van der Waals surface area contributed by atoms with Crippen LogP contribution in [0.15, 0.2) is 36.7 Å². The maximum atomic E-state index is 12.8. The molecule has 1 saturated heterocycles. The van der Waals surface area contributed by atoms with Crippen LogP contribution < -0.4 is 15.5 Å². The van der Waals surface area contributed by atoms with Gasteiger partial charge >= 0.3 is 0 Å². The lowest BCUT2D eigenvalue weighted by Crippen LogP contribution is -2.49. The number of aromatic nitrogens is 2. The van der Waals surface area contributed by atoms with Gasteiger partial charge in [-0.3, -0.25) is 14.6 Å². The number of amides is 2. The number of carbonyl (C=O) groups excluding carboxylic acids is 2. The van der Waals surface area contributed by atoms with Crippen LogP contribution in [0.25, 0.3) is 0 Å². The largest absolute Gasteiger partial charge is 0.382 e. The van der Waals surface area contributed by atoms with Crippen LogP contribution in [0.2, 0.25) is 0 Å². The number of anilines is 2. The van der Waals surface area contributed by atoms with Crippen LogP contribution in [0.3, 0.4) is 0 Å². The highest BCUT2D eigenvalue weighted by atomic mass is 16.2. The van der Waals surface area contributed by atoms with E-state index in [1.54, 1.807) is 23.2 Å². The van der Waals surface area contributed by atoms with Crippen molar-refractivity contribution in [3.63, 3.8) is 0 Å². The fraction of sp³-hybridized carbons (Fsp3) is 0.455. The minimum Gasteiger partial charge on any atom is -0.382 e. The van der Waals surface area contributed by atoms with Crippen molar-refractivity contribution < 1.29 is 9.59 Å². The Labute approximate surface area is 177 Å². The van der Waals surface area contributed by atoms with Crippen LogP contribution in [0.4, 0.5) is 11.5 Å². The summed E-state index contributed by atoms with van der Waals surface area (Å²) in [7, 11) is 0. The molecule has 3 heterocycles. The van der Waals surface area contributed by atoms with Crippen molar-refractivity contribution >= 4 is 23.3 Å². The van der Waals surface area contributed by atoms with Gasteiger partial charge in [0, 0.05) is 50.7 Å². The number of rotatable bonds is 5. The Bertz CT molecular complexity index is 883. The summed E-state index contributed by atoms with van der Waals surface area (Å²) < 4.78 is 0. The van der Waals surface area contributed by atoms with E-state index in [9.17, 15) is 9.59 Å². The van der Waals surface area contributed by atoms with Gasteiger partial charge in [0.15, 0.2) is 5.82 Å². The molecule has 1 fully saturated rings. The molecule has 0 bridgehead atoms. The van der Waals surface area contributed by atoms with Crippen LogP contribution >= 0.6 is 0 Å². The van der Waals surface area contributed by atoms with Crippen molar-refractivity contribution in [2.75, 3.05) is 42.9 Å². The topological polar surface area (TPSA) is 90.5 Å². The molecule has 30 heavy (non-hydrogen) atoms. The zero-order valence-corrected chi connectivity index (χ0v) is 18.1. The summed E-state index contributed by atoms with van der Waals surface area (Å²) in [5, 5.41) is 6.22. The lowest BCUT2D eigenvalue weighted by Gasteiger charge is -2.36. The van der Waals surface area contributed by atoms with E-state index in [-0.39, 0.29) is 17.4 Å². The van der Waals surface area contributed by atoms with Crippen LogP contribution in [-0.4, -0.2) is 64.9 Å². The maximum Gasteiger partial charge on any atom is 0.272 e. The number of piperazine rings is 1. The molecule has 3 rings (SSSR count). The van der Waals surface area contributed by atoms with Gasteiger partial charge in [-0.1, -0.05) is 0 Å². The van der Waals surface area contributed by atoms with Crippen LogP contribution in [0, 0.1) is 0 Å². The van der Waals surface area contributed by atoms with Crippen molar-refractivity contribution in [2.45, 2.75) is 33.2 Å². The molecule has 0 atom stereocenters. The lowest BCUT2D eigenvalue weighted by atomic mass is 10.1. The first-order chi connectivity index (χ1) is 14.3. The Morgan fingerprint density at radius 1 is 1.07 bits per heavy atom. The molecule has 0 unspecified atom stereocenters. The van der Waals surface area contributed by atoms with Crippen LogP contribution in [0.1, 0.15) is 48.5 Å². The Balaban J connectivity index is 1.61. The number of carbonyl (C=O) groups is 2. The van der Waals surface area contributed by atoms with E-state index in [1.807, 2.05) is 32.9 Å². The monoisotopic (exact) mass is 410 g/mol. The van der Waals surface area contributed by atoms with E-state index in [4.69, 9.17) is 0 Å². The highest BCUT2D eigenvalue weighted by molar-refractivity contribution is 5.96. The van der Waals surface area contributed by atoms with Crippen molar-refractivity contribution in [1.82, 2.24) is 20.2 Å². The average Bonchev–Trinajstić information content (AvgIpc) is 2.73. The predicted molar refractivity (Wildman–Crippen MR) is 118 cm³/mol. The Kier molecular flexibility index (Phi) is 6.54. The minimum atomic E-state index is -0.328. The van der Waals surface area contributed by atoms with Crippen LogP contribution in [-0.2, 0) is 0 Å². The SMILES string of the molecule is CCNc1cccnc1N1CCN(C(=O)c2ccc(C(=O)NC(C)(C)C)cn2)CC1. The molecule has 2 aromatic rings. The Morgan fingerprint density at radius 2 is 1.80 bits per heavy atom.